The summed E-state index contributed by atoms with van der Waals surface area (Å²) in [6.45, 7) is 0.766. The van der Waals surface area contributed by atoms with E-state index >= 15 is 0 Å². The minimum absolute atomic E-state index is 0.0663. The molecule has 1 aromatic carbocycles. The van der Waals surface area contributed by atoms with Gasteiger partial charge in [0.2, 0.25) is 5.91 Å². The smallest absolute Gasteiger partial charge is 0.328 e. The molecule has 1 fully saturated rings. The van der Waals surface area contributed by atoms with Crippen LogP contribution in [0.3, 0.4) is 0 Å². The van der Waals surface area contributed by atoms with Gasteiger partial charge in [0.15, 0.2) is 0 Å². The molecule has 1 unspecified atom stereocenters. The summed E-state index contributed by atoms with van der Waals surface area (Å²) < 4.78 is 6.78. The van der Waals surface area contributed by atoms with Crippen molar-refractivity contribution in [1.82, 2.24) is 24.4 Å². The Kier molecular flexibility index (Phi) is 5.57. The molecule has 0 aliphatic carbocycles. The van der Waals surface area contributed by atoms with Crippen LogP contribution in [-0.4, -0.2) is 49.6 Å². The molecule has 3 aromatic rings. The van der Waals surface area contributed by atoms with E-state index < -0.39 is 11.2 Å². The highest BCUT2D eigenvalue weighted by atomic mass is 16.5. The number of hydrogen-bond acceptors (Lipinski definition) is 6. The Hall–Kier alpha value is -3.53. The van der Waals surface area contributed by atoms with Crippen molar-refractivity contribution >= 4 is 16.8 Å². The summed E-state index contributed by atoms with van der Waals surface area (Å²) in [5, 5.41) is 0.470. The zero-order chi connectivity index (χ0) is 21.1. The van der Waals surface area contributed by atoms with Gasteiger partial charge in [-0.25, -0.2) is 9.78 Å². The Morgan fingerprint density at radius 3 is 2.80 bits per heavy atom. The van der Waals surface area contributed by atoms with Crippen LogP contribution in [0.25, 0.3) is 10.9 Å². The first-order chi connectivity index (χ1) is 14.5. The van der Waals surface area contributed by atoms with Crippen molar-refractivity contribution in [3.8, 4) is 0 Å². The lowest BCUT2D eigenvalue weighted by molar-refractivity contribution is -0.134. The number of para-hydroxylation sites is 1. The van der Waals surface area contributed by atoms with Crippen LogP contribution in [0.1, 0.15) is 18.7 Å². The number of fused-ring (bicyclic) bond motifs is 1. The maximum Gasteiger partial charge on any atom is 0.328 e. The van der Waals surface area contributed by atoms with E-state index in [9.17, 15) is 19.2 Å². The van der Waals surface area contributed by atoms with Crippen LogP contribution in [0.5, 0.6) is 0 Å². The van der Waals surface area contributed by atoms with E-state index in [1.807, 2.05) is 0 Å². The lowest BCUT2D eigenvalue weighted by Gasteiger charge is -2.25. The largest absolute Gasteiger partial charge is 0.376 e. The van der Waals surface area contributed by atoms with Crippen molar-refractivity contribution in [2.45, 2.75) is 32.0 Å². The van der Waals surface area contributed by atoms with Crippen molar-refractivity contribution < 1.29 is 9.53 Å². The summed E-state index contributed by atoms with van der Waals surface area (Å²) in [6, 6.07) is 8.15. The van der Waals surface area contributed by atoms with Crippen molar-refractivity contribution in [1.29, 1.82) is 0 Å². The van der Waals surface area contributed by atoms with Crippen LogP contribution in [0.2, 0.25) is 0 Å². The van der Waals surface area contributed by atoms with E-state index in [2.05, 4.69) is 15.0 Å². The third kappa shape index (κ3) is 4.38. The molecular formula is C20H21N5O5. The molecule has 1 saturated heterocycles. The van der Waals surface area contributed by atoms with Gasteiger partial charge in [-0.3, -0.25) is 23.9 Å². The van der Waals surface area contributed by atoms with Gasteiger partial charge in [-0.05, 0) is 25.0 Å². The highest BCUT2D eigenvalue weighted by Crippen LogP contribution is 2.15. The van der Waals surface area contributed by atoms with Crippen LogP contribution < -0.4 is 16.8 Å². The Balaban J connectivity index is 1.60. The molecule has 30 heavy (non-hydrogen) atoms. The molecule has 10 nitrogen and oxygen atoms in total. The molecule has 0 radical (unpaired) electrons. The van der Waals surface area contributed by atoms with Crippen molar-refractivity contribution in [2.75, 3.05) is 13.2 Å². The third-order valence-electron chi connectivity index (χ3n) is 5.01. The predicted octanol–water partition coefficient (Wildman–Crippen LogP) is -0.0191. The first kappa shape index (κ1) is 19.8. The zero-order valence-corrected chi connectivity index (χ0v) is 16.2. The average Bonchev–Trinajstić information content (AvgIpc) is 3.23. The van der Waals surface area contributed by atoms with Gasteiger partial charge in [0.25, 0.3) is 11.1 Å². The maximum absolute atomic E-state index is 13.0. The highest BCUT2D eigenvalue weighted by Gasteiger charge is 2.24. The molecule has 0 spiro atoms. The van der Waals surface area contributed by atoms with Crippen molar-refractivity contribution in [2.24, 2.45) is 0 Å². The predicted molar refractivity (Wildman–Crippen MR) is 108 cm³/mol. The monoisotopic (exact) mass is 411 g/mol. The SMILES string of the molecule is O=C(Cn1ccc(=O)[nH]c1=O)N(Cc1nc2ccccc2c(=O)[nH]1)CC1CCCO1. The van der Waals surface area contributed by atoms with Crippen LogP contribution in [0.15, 0.2) is 50.9 Å². The summed E-state index contributed by atoms with van der Waals surface area (Å²) in [6.07, 6.45) is 2.90. The second-order valence-electron chi connectivity index (χ2n) is 7.18. The minimum atomic E-state index is -0.662. The number of carbonyl (C=O) groups is 1. The van der Waals surface area contributed by atoms with Gasteiger partial charge >= 0.3 is 5.69 Å². The summed E-state index contributed by atoms with van der Waals surface area (Å²) in [7, 11) is 0. The molecule has 2 N–H and O–H groups in total. The minimum Gasteiger partial charge on any atom is -0.376 e. The van der Waals surface area contributed by atoms with Crippen LogP contribution in [0, 0.1) is 0 Å². The van der Waals surface area contributed by atoms with Gasteiger partial charge in [0.1, 0.15) is 12.4 Å². The summed E-state index contributed by atoms with van der Waals surface area (Å²) in [5.41, 5.74) is -0.933. The number of aromatic nitrogens is 4. The molecule has 4 rings (SSSR count). The lowest BCUT2D eigenvalue weighted by atomic mass is 10.2. The molecule has 1 aliphatic rings. The number of rotatable bonds is 6. The number of nitrogens with zero attached hydrogens (tertiary/aromatic N) is 3. The number of hydrogen-bond donors (Lipinski definition) is 2. The first-order valence-corrected chi connectivity index (χ1v) is 9.67. The van der Waals surface area contributed by atoms with Crippen LogP contribution >= 0.6 is 0 Å². The first-order valence-electron chi connectivity index (χ1n) is 9.67. The molecule has 156 valence electrons. The fourth-order valence-corrected chi connectivity index (χ4v) is 3.49. The topological polar surface area (TPSA) is 130 Å². The van der Waals surface area contributed by atoms with Gasteiger partial charge < -0.3 is 14.6 Å². The van der Waals surface area contributed by atoms with E-state index in [1.165, 1.54) is 17.2 Å². The molecule has 10 heteroatoms. The number of nitrogens with one attached hydrogen (secondary N) is 2. The molecule has 1 atom stereocenters. The Labute approximate surface area is 170 Å². The highest BCUT2D eigenvalue weighted by molar-refractivity contribution is 5.78. The summed E-state index contributed by atoms with van der Waals surface area (Å²) in [4.78, 5) is 59.4. The van der Waals surface area contributed by atoms with Gasteiger partial charge in [0.05, 0.1) is 23.6 Å². The number of carbonyl (C=O) groups excluding carboxylic acids is 1. The summed E-state index contributed by atoms with van der Waals surface area (Å²) >= 11 is 0. The van der Waals surface area contributed by atoms with Crippen molar-refractivity contribution in [3.05, 3.63) is 73.5 Å². The quantitative estimate of drug-likeness (QED) is 0.586. The molecule has 3 heterocycles. The Morgan fingerprint density at radius 2 is 2.03 bits per heavy atom. The van der Waals surface area contributed by atoms with Gasteiger partial charge in [-0.2, -0.15) is 0 Å². The number of benzene rings is 1. The van der Waals surface area contributed by atoms with E-state index in [0.29, 0.717) is 29.9 Å². The number of H-pyrrole nitrogens is 2. The van der Waals surface area contributed by atoms with E-state index in [-0.39, 0.29) is 30.7 Å². The standard InChI is InChI=1S/C20H21N5O5/c26-17-7-8-24(20(29)23-17)12-18(27)25(10-13-4-3-9-30-13)11-16-21-15-6-2-1-5-14(15)19(28)22-16/h1-2,5-8,13H,3-4,9-12H2,(H,21,22,28)(H,23,26,29). The second kappa shape index (κ2) is 8.46. The van der Waals surface area contributed by atoms with E-state index in [4.69, 9.17) is 4.74 Å². The number of aromatic amines is 2. The second-order valence-corrected chi connectivity index (χ2v) is 7.18. The van der Waals surface area contributed by atoms with Gasteiger partial charge in [-0.1, -0.05) is 12.1 Å². The zero-order valence-electron chi connectivity index (χ0n) is 16.2. The molecule has 0 bridgehead atoms. The molecule has 1 aliphatic heterocycles. The normalized spacial score (nSPS) is 16.1. The summed E-state index contributed by atoms with van der Waals surface area (Å²) in [5.74, 6) is -0.00526. The van der Waals surface area contributed by atoms with E-state index in [1.54, 1.807) is 24.3 Å². The van der Waals surface area contributed by atoms with Gasteiger partial charge in [0, 0.05) is 25.4 Å². The number of ether oxygens (including phenoxy) is 1. The van der Waals surface area contributed by atoms with Crippen LogP contribution in [0.4, 0.5) is 0 Å². The Morgan fingerprint density at radius 1 is 1.20 bits per heavy atom. The third-order valence-corrected chi connectivity index (χ3v) is 5.01. The molecular weight excluding hydrogens is 390 g/mol. The molecule has 1 amide bonds. The van der Waals surface area contributed by atoms with Gasteiger partial charge in [-0.15, -0.1) is 0 Å². The van der Waals surface area contributed by atoms with Crippen molar-refractivity contribution in [3.63, 3.8) is 0 Å². The Bertz CT molecular complexity index is 1240. The van der Waals surface area contributed by atoms with E-state index in [0.717, 1.165) is 17.4 Å². The average molecular weight is 411 g/mol. The lowest BCUT2D eigenvalue weighted by Crippen LogP contribution is -2.41. The number of amides is 1. The fraction of sp³-hybridized carbons (Fsp3) is 0.350. The molecule has 0 saturated carbocycles. The molecule has 2 aromatic heterocycles. The van der Waals surface area contributed by atoms with Crippen LogP contribution in [-0.2, 0) is 22.6 Å². The fourth-order valence-electron chi connectivity index (χ4n) is 3.49. The maximum atomic E-state index is 13.0.